The zero-order valence-electron chi connectivity index (χ0n) is 10.6. The van der Waals surface area contributed by atoms with E-state index in [0.717, 1.165) is 0 Å². The SMILES string of the molecule is CCN(C(C)C)S(=O)(=O)c1c(CO)n[nH]c1C. The summed E-state index contributed by atoms with van der Waals surface area (Å²) in [4.78, 5) is 0.0931. The smallest absolute Gasteiger partial charge is 0.247 e. The van der Waals surface area contributed by atoms with Crippen LogP contribution >= 0.6 is 0 Å². The van der Waals surface area contributed by atoms with Gasteiger partial charge in [0.2, 0.25) is 10.0 Å². The van der Waals surface area contributed by atoms with Crippen molar-refractivity contribution < 1.29 is 13.5 Å². The molecular formula is C10H19N3O3S. The number of H-pyrrole nitrogens is 1. The lowest BCUT2D eigenvalue weighted by Gasteiger charge is -2.24. The number of nitrogens with zero attached hydrogens (tertiary/aromatic N) is 2. The molecule has 0 aromatic carbocycles. The topological polar surface area (TPSA) is 86.3 Å². The molecule has 0 saturated carbocycles. The predicted molar refractivity (Wildman–Crippen MR) is 63.9 cm³/mol. The molecule has 0 unspecified atom stereocenters. The highest BCUT2D eigenvalue weighted by Crippen LogP contribution is 2.23. The molecule has 2 N–H and O–H groups in total. The second-order valence-corrected chi connectivity index (χ2v) is 5.91. The maximum Gasteiger partial charge on any atom is 0.247 e. The molecule has 0 fully saturated rings. The van der Waals surface area contributed by atoms with Gasteiger partial charge in [-0.1, -0.05) is 6.92 Å². The lowest BCUT2D eigenvalue weighted by atomic mass is 10.4. The normalized spacial score (nSPS) is 12.6. The molecule has 1 heterocycles. The Balaban J connectivity index is 3.34. The van der Waals surface area contributed by atoms with Gasteiger partial charge in [-0.2, -0.15) is 9.40 Å². The van der Waals surface area contributed by atoms with Crippen molar-refractivity contribution in [3.63, 3.8) is 0 Å². The van der Waals surface area contributed by atoms with Gasteiger partial charge in [-0.15, -0.1) is 0 Å². The Morgan fingerprint density at radius 3 is 2.47 bits per heavy atom. The molecule has 0 radical (unpaired) electrons. The van der Waals surface area contributed by atoms with Crippen LogP contribution in [0.5, 0.6) is 0 Å². The van der Waals surface area contributed by atoms with Crippen molar-refractivity contribution in [1.29, 1.82) is 0 Å². The Hall–Kier alpha value is -0.920. The van der Waals surface area contributed by atoms with Gasteiger partial charge in [0, 0.05) is 12.6 Å². The van der Waals surface area contributed by atoms with Crippen LogP contribution in [0.3, 0.4) is 0 Å². The number of sulfonamides is 1. The van der Waals surface area contributed by atoms with Crippen molar-refractivity contribution in [3.05, 3.63) is 11.4 Å². The summed E-state index contributed by atoms with van der Waals surface area (Å²) in [6, 6.07) is -0.133. The Morgan fingerprint density at radius 2 is 2.06 bits per heavy atom. The van der Waals surface area contributed by atoms with E-state index >= 15 is 0 Å². The molecule has 1 aromatic heterocycles. The lowest BCUT2D eigenvalue weighted by molar-refractivity contribution is 0.272. The third-order valence-corrected chi connectivity index (χ3v) is 4.92. The van der Waals surface area contributed by atoms with E-state index < -0.39 is 16.6 Å². The van der Waals surface area contributed by atoms with Crippen molar-refractivity contribution in [2.75, 3.05) is 6.54 Å². The summed E-state index contributed by atoms with van der Waals surface area (Å²) >= 11 is 0. The van der Waals surface area contributed by atoms with Gasteiger partial charge in [0.15, 0.2) is 0 Å². The highest BCUT2D eigenvalue weighted by molar-refractivity contribution is 7.89. The van der Waals surface area contributed by atoms with Crippen LogP contribution in [0.4, 0.5) is 0 Å². The average molecular weight is 261 g/mol. The van der Waals surface area contributed by atoms with E-state index in [0.29, 0.717) is 12.2 Å². The van der Waals surface area contributed by atoms with Gasteiger partial charge in [0.1, 0.15) is 10.6 Å². The molecule has 0 saturated heterocycles. The molecule has 0 amide bonds. The zero-order chi connectivity index (χ0) is 13.2. The quantitative estimate of drug-likeness (QED) is 0.814. The number of aromatic nitrogens is 2. The first-order valence-electron chi connectivity index (χ1n) is 5.52. The van der Waals surface area contributed by atoms with E-state index in [9.17, 15) is 8.42 Å². The average Bonchev–Trinajstić information content (AvgIpc) is 2.59. The first-order chi connectivity index (χ1) is 7.86. The van der Waals surface area contributed by atoms with E-state index in [1.165, 1.54) is 4.31 Å². The molecule has 0 atom stereocenters. The van der Waals surface area contributed by atoms with E-state index in [-0.39, 0.29) is 16.6 Å². The second kappa shape index (κ2) is 5.16. The van der Waals surface area contributed by atoms with E-state index in [4.69, 9.17) is 5.11 Å². The third-order valence-electron chi connectivity index (χ3n) is 2.57. The summed E-state index contributed by atoms with van der Waals surface area (Å²) in [7, 11) is -3.60. The number of aliphatic hydroxyl groups excluding tert-OH is 1. The fraction of sp³-hybridized carbons (Fsp3) is 0.700. The van der Waals surface area contributed by atoms with Crippen molar-refractivity contribution in [3.8, 4) is 0 Å². The number of aryl methyl sites for hydroxylation is 1. The Kier molecular flexibility index (Phi) is 4.29. The largest absolute Gasteiger partial charge is 0.390 e. The monoisotopic (exact) mass is 261 g/mol. The molecule has 7 heteroatoms. The molecule has 0 aliphatic rings. The summed E-state index contributed by atoms with van der Waals surface area (Å²) in [6.07, 6.45) is 0. The molecule has 98 valence electrons. The molecular weight excluding hydrogens is 242 g/mol. The van der Waals surface area contributed by atoms with E-state index in [1.54, 1.807) is 13.8 Å². The minimum atomic E-state index is -3.60. The number of nitrogens with one attached hydrogen (secondary N) is 1. The first kappa shape index (κ1) is 14.1. The standard InChI is InChI=1S/C10H19N3O3S/c1-5-13(7(2)3)17(15,16)10-8(4)11-12-9(10)6-14/h7,14H,5-6H2,1-4H3,(H,11,12). The van der Waals surface area contributed by atoms with Crippen LogP contribution in [0.1, 0.15) is 32.2 Å². The summed E-state index contributed by atoms with van der Waals surface area (Å²) in [5.74, 6) is 0. The molecule has 1 aromatic rings. The Morgan fingerprint density at radius 1 is 1.47 bits per heavy atom. The zero-order valence-corrected chi connectivity index (χ0v) is 11.4. The molecule has 0 aliphatic carbocycles. The van der Waals surface area contributed by atoms with Gasteiger partial charge in [-0.25, -0.2) is 8.42 Å². The Labute approximate surface area is 102 Å². The van der Waals surface area contributed by atoms with Crippen LogP contribution in [0.2, 0.25) is 0 Å². The number of hydrogen-bond acceptors (Lipinski definition) is 4. The fourth-order valence-corrected chi connectivity index (χ4v) is 3.82. The highest BCUT2D eigenvalue weighted by atomic mass is 32.2. The van der Waals surface area contributed by atoms with Crippen LogP contribution < -0.4 is 0 Å². The van der Waals surface area contributed by atoms with Crippen LogP contribution in [-0.2, 0) is 16.6 Å². The van der Waals surface area contributed by atoms with E-state index in [1.807, 2.05) is 13.8 Å². The molecule has 1 rings (SSSR count). The van der Waals surface area contributed by atoms with Crippen LogP contribution in [-0.4, -0.2) is 40.6 Å². The maximum atomic E-state index is 12.4. The molecule has 0 bridgehead atoms. The number of rotatable bonds is 5. The van der Waals surface area contributed by atoms with Crippen LogP contribution in [0.15, 0.2) is 4.90 Å². The predicted octanol–water partition coefficient (Wildman–Crippen LogP) is 0.629. The summed E-state index contributed by atoms with van der Waals surface area (Å²) in [5.41, 5.74) is 0.620. The summed E-state index contributed by atoms with van der Waals surface area (Å²) in [6.45, 7) is 7.03. The van der Waals surface area contributed by atoms with Gasteiger partial charge in [-0.3, -0.25) is 5.10 Å². The van der Waals surface area contributed by atoms with Crippen molar-refractivity contribution in [2.45, 2.75) is 45.2 Å². The maximum absolute atomic E-state index is 12.4. The number of aromatic amines is 1. The molecule has 0 aliphatic heterocycles. The van der Waals surface area contributed by atoms with Gasteiger partial charge in [-0.05, 0) is 20.8 Å². The van der Waals surface area contributed by atoms with Crippen molar-refractivity contribution >= 4 is 10.0 Å². The highest BCUT2D eigenvalue weighted by Gasteiger charge is 2.31. The third kappa shape index (κ3) is 2.51. The Bertz CT molecular complexity index is 479. The van der Waals surface area contributed by atoms with Gasteiger partial charge in [0.25, 0.3) is 0 Å². The van der Waals surface area contributed by atoms with Crippen molar-refractivity contribution in [1.82, 2.24) is 14.5 Å². The fourth-order valence-electron chi connectivity index (χ4n) is 1.85. The molecule has 17 heavy (non-hydrogen) atoms. The molecule has 0 spiro atoms. The molecule has 6 nitrogen and oxygen atoms in total. The summed E-state index contributed by atoms with van der Waals surface area (Å²) < 4.78 is 26.2. The minimum absolute atomic E-state index is 0.0931. The number of aliphatic hydroxyl groups is 1. The van der Waals surface area contributed by atoms with Crippen LogP contribution in [0, 0.1) is 6.92 Å². The van der Waals surface area contributed by atoms with E-state index in [2.05, 4.69) is 10.2 Å². The second-order valence-electron chi connectivity index (χ2n) is 4.08. The van der Waals surface area contributed by atoms with Gasteiger partial charge >= 0.3 is 0 Å². The minimum Gasteiger partial charge on any atom is -0.390 e. The lowest BCUT2D eigenvalue weighted by Crippen LogP contribution is -2.37. The first-order valence-corrected chi connectivity index (χ1v) is 6.96. The number of hydrogen-bond donors (Lipinski definition) is 2. The van der Waals surface area contributed by atoms with Gasteiger partial charge < -0.3 is 5.11 Å². The van der Waals surface area contributed by atoms with Gasteiger partial charge in [0.05, 0.1) is 12.3 Å². The van der Waals surface area contributed by atoms with Crippen molar-refractivity contribution in [2.24, 2.45) is 0 Å². The van der Waals surface area contributed by atoms with Crippen LogP contribution in [0.25, 0.3) is 0 Å². The summed E-state index contributed by atoms with van der Waals surface area (Å²) in [5, 5.41) is 15.5.